The van der Waals surface area contributed by atoms with Crippen molar-refractivity contribution in [3.63, 3.8) is 0 Å². The van der Waals surface area contributed by atoms with Gasteiger partial charge in [0.05, 0.1) is 142 Å². The zero-order chi connectivity index (χ0) is 73.6. The molecule has 0 N–H and O–H groups in total. The van der Waals surface area contributed by atoms with Crippen molar-refractivity contribution in [1.29, 1.82) is 0 Å². The van der Waals surface area contributed by atoms with Crippen LogP contribution in [-0.2, 0) is 70.6 Å². The highest BCUT2D eigenvalue weighted by Gasteiger charge is 2.33. The molecule has 0 heterocycles. The first kappa shape index (κ1) is 77.5. The fraction of sp³-hybridized carbons (Fsp3) is 0.415. The van der Waals surface area contributed by atoms with Crippen LogP contribution in [0.5, 0.6) is 115 Å². The van der Waals surface area contributed by atoms with E-state index in [-0.39, 0.29) is 11.8 Å². The molecule has 8 aromatic carbocycles. The number of methoxy groups -OCH3 is 20. The van der Waals surface area contributed by atoms with Crippen LogP contribution in [0, 0.1) is 5.92 Å². The molecule has 0 aliphatic heterocycles. The first-order valence-corrected chi connectivity index (χ1v) is 33.7. The van der Waals surface area contributed by atoms with Gasteiger partial charge in [0.1, 0.15) is 46.0 Å². The number of hydrogen-bond acceptors (Lipinski definition) is 20. The van der Waals surface area contributed by atoms with E-state index < -0.39 is 0 Å². The molecule has 0 radical (unpaired) electrons. The van der Waals surface area contributed by atoms with Crippen LogP contribution in [0.25, 0.3) is 0 Å². The molecule has 20 nitrogen and oxygen atoms in total. The molecule has 0 spiro atoms. The van der Waals surface area contributed by atoms with Gasteiger partial charge in [0.2, 0.25) is 23.0 Å². The molecule has 0 bridgehead atoms. The van der Waals surface area contributed by atoms with Crippen molar-refractivity contribution in [2.75, 3.05) is 142 Å². The minimum atomic E-state index is -0.331. The lowest BCUT2D eigenvalue weighted by Gasteiger charge is -2.32. The van der Waals surface area contributed by atoms with E-state index >= 15 is 0 Å². The summed E-state index contributed by atoms with van der Waals surface area (Å²) in [6, 6.07) is 32.7. The van der Waals surface area contributed by atoms with Crippen LogP contribution >= 0.6 is 0 Å². The number of aryl methyl sites for hydroxylation is 9. The Labute approximate surface area is 602 Å². The van der Waals surface area contributed by atoms with Crippen molar-refractivity contribution in [1.82, 2.24) is 0 Å². The Balaban J connectivity index is 1.29. The number of ether oxygens (including phenoxy) is 20. The van der Waals surface area contributed by atoms with E-state index in [1.807, 2.05) is 48.5 Å². The second-order valence-corrected chi connectivity index (χ2v) is 24.3. The molecule has 0 amide bonds. The van der Waals surface area contributed by atoms with E-state index in [4.69, 9.17) is 94.7 Å². The van der Waals surface area contributed by atoms with E-state index in [0.29, 0.717) is 181 Å². The van der Waals surface area contributed by atoms with Gasteiger partial charge in [-0.2, -0.15) is 0 Å². The Morgan fingerprint density at radius 3 is 0.637 bits per heavy atom. The SMILES string of the molecule is COc1cc(CC[C@@H](Cc2cc(OC)c(CCc3cc(OC)c(OC)c(OC)c3)cc2OC)[C@H](Cc2cc(OC)c(CCc3cc(OC)c(OC)c(OC)c3)cc2OC)c2cc(OC)c(CCc3cc(OC)c(OC)c(OC)c3)cc2OC)c(OC)cc1CCc1cc(OC)c(OC)c(OC)c1. The second kappa shape index (κ2) is 37.4. The van der Waals surface area contributed by atoms with Gasteiger partial charge < -0.3 is 94.7 Å². The molecule has 550 valence electrons. The van der Waals surface area contributed by atoms with Gasteiger partial charge in [0, 0.05) is 5.56 Å². The maximum Gasteiger partial charge on any atom is 0.203 e. The normalized spacial score (nSPS) is 11.5. The van der Waals surface area contributed by atoms with Gasteiger partial charge in [-0.3, -0.25) is 0 Å². The van der Waals surface area contributed by atoms with Crippen LogP contribution in [0.2, 0.25) is 0 Å². The summed E-state index contributed by atoms with van der Waals surface area (Å²) in [7, 11) is 33.0. The summed E-state index contributed by atoms with van der Waals surface area (Å²) in [5, 5.41) is 0. The average Bonchev–Trinajstić information content (AvgIpc) is 0.778. The Morgan fingerprint density at radius 1 is 0.186 bits per heavy atom. The van der Waals surface area contributed by atoms with Crippen LogP contribution in [0.4, 0.5) is 0 Å². The van der Waals surface area contributed by atoms with E-state index in [0.717, 1.165) is 78.3 Å². The van der Waals surface area contributed by atoms with Gasteiger partial charge >= 0.3 is 0 Å². The maximum absolute atomic E-state index is 6.62. The summed E-state index contributed by atoms with van der Waals surface area (Å²) >= 11 is 0. The van der Waals surface area contributed by atoms with Gasteiger partial charge in [0.15, 0.2) is 46.0 Å². The number of rotatable bonds is 41. The van der Waals surface area contributed by atoms with Crippen LogP contribution in [0.1, 0.15) is 79.1 Å². The molecule has 0 unspecified atom stereocenters. The van der Waals surface area contributed by atoms with E-state index in [1.54, 1.807) is 142 Å². The maximum atomic E-state index is 6.62. The standard InChI is InChI=1S/C82H102O20/c1-83-63-42-58(64(84-2)41-54(63)25-21-49-31-71(91-9)79(99-17)72(32-49)92-10)30-29-53(39-59-46-65(85-3)55(43-67(59)87-5)26-22-50-33-73(93-11)80(100-18)74(34-50)94-12)61(62-48-69(89-7)57(45-70(62)90-8)28-24-52-37-77(97-15)82(102-20)78(38-52)98-16)40-60-47-66(86-4)56(44-68(60)88-6)27-23-51-35-75(95-13)81(101-19)76(36-51)96-14/h31-38,41-48,53,61H,21-30,39-40H2,1-20H3/t53-,61-/m0/s1. The summed E-state index contributed by atoms with van der Waals surface area (Å²) in [6.07, 6.45) is 7.05. The van der Waals surface area contributed by atoms with Crippen LogP contribution in [0.15, 0.2) is 97.1 Å². The first-order valence-electron chi connectivity index (χ1n) is 33.7. The monoisotopic (exact) mass is 1410 g/mol. The van der Waals surface area contributed by atoms with Gasteiger partial charge in [-0.15, -0.1) is 0 Å². The van der Waals surface area contributed by atoms with Crippen molar-refractivity contribution in [3.8, 4) is 115 Å². The molecule has 0 aromatic heterocycles. The fourth-order valence-electron chi connectivity index (χ4n) is 13.7. The summed E-state index contributed by atoms with van der Waals surface area (Å²) in [4.78, 5) is 0. The molecule has 0 aliphatic rings. The topological polar surface area (TPSA) is 185 Å². The third-order valence-corrected chi connectivity index (χ3v) is 19.0. The van der Waals surface area contributed by atoms with Gasteiger partial charge in [-0.25, -0.2) is 0 Å². The highest BCUT2D eigenvalue weighted by Crippen LogP contribution is 2.48. The van der Waals surface area contributed by atoms with Crippen molar-refractivity contribution in [2.24, 2.45) is 5.92 Å². The summed E-state index contributed by atoms with van der Waals surface area (Å²) in [5.41, 5.74) is 11.5. The van der Waals surface area contributed by atoms with Gasteiger partial charge in [0.25, 0.3) is 0 Å². The Hall–Kier alpha value is -10.2. The van der Waals surface area contributed by atoms with Crippen LogP contribution in [0.3, 0.4) is 0 Å². The summed E-state index contributed by atoms with van der Waals surface area (Å²) in [6.45, 7) is 0. The zero-order valence-electron chi connectivity index (χ0n) is 63.0. The quantitative estimate of drug-likeness (QED) is 0.0352. The third-order valence-electron chi connectivity index (χ3n) is 19.0. The predicted molar refractivity (Wildman–Crippen MR) is 394 cm³/mol. The van der Waals surface area contributed by atoms with E-state index in [9.17, 15) is 0 Å². The van der Waals surface area contributed by atoms with Crippen molar-refractivity contribution < 1.29 is 94.7 Å². The number of hydrogen-bond donors (Lipinski definition) is 0. The van der Waals surface area contributed by atoms with Crippen LogP contribution in [-0.4, -0.2) is 142 Å². The predicted octanol–water partition coefficient (Wildman–Crippen LogP) is 14.8. The molecule has 102 heavy (non-hydrogen) atoms. The highest BCUT2D eigenvalue weighted by molar-refractivity contribution is 5.59. The Morgan fingerprint density at radius 2 is 0.392 bits per heavy atom. The fourth-order valence-corrected chi connectivity index (χ4v) is 13.7. The smallest absolute Gasteiger partial charge is 0.203 e. The van der Waals surface area contributed by atoms with Gasteiger partial charge in [-0.05, 0) is 247 Å². The second-order valence-electron chi connectivity index (χ2n) is 24.3. The molecule has 0 saturated heterocycles. The minimum absolute atomic E-state index is 0.205. The highest BCUT2D eigenvalue weighted by atomic mass is 16.6. The van der Waals surface area contributed by atoms with Gasteiger partial charge in [-0.1, -0.05) is 0 Å². The van der Waals surface area contributed by atoms with E-state index in [2.05, 4.69) is 48.5 Å². The van der Waals surface area contributed by atoms with Crippen molar-refractivity contribution in [3.05, 3.63) is 164 Å². The molecule has 20 heteroatoms. The average molecular weight is 1410 g/mol. The van der Waals surface area contributed by atoms with Crippen molar-refractivity contribution in [2.45, 2.75) is 83.0 Å². The largest absolute Gasteiger partial charge is 0.496 e. The first-order chi connectivity index (χ1) is 49.6. The molecule has 8 rings (SSSR count). The summed E-state index contributed by atoms with van der Waals surface area (Å²) in [5.74, 6) is 11.8. The third kappa shape index (κ3) is 17.9. The zero-order valence-corrected chi connectivity index (χ0v) is 63.0. The van der Waals surface area contributed by atoms with Crippen LogP contribution < -0.4 is 94.7 Å². The molecule has 0 saturated carbocycles. The molecule has 8 aromatic rings. The molecule has 0 fully saturated rings. The lowest BCUT2D eigenvalue weighted by atomic mass is 9.74. The lowest BCUT2D eigenvalue weighted by Crippen LogP contribution is -2.21. The van der Waals surface area contributed by atoms with Crippen molar-refractivity contribution >= 4 is 0 Å². The lowest BCUT2D eigenvalue weighted by molar-refractivity contribution is 0.323. The summed E-state index contributed by atoms with van der Waals surface area (Å²) < 4.78 is 120. The molecular formula is C82H102O20. The molecular weight excluding hydrogens is 1300 g/mol. The minimum Gasteiger partial charge on any atom is -0.496 e. The number of benzene rings is 8. The Bertz CT molecular complexity index is 3990. The van der Waals surface area contributed by atoms with E-state index in [1.165, 1.54) is 0 Å². The molecule has 0 aliphatic carbocycles. The Kier molecular flexibility index (Phi) is 28.4. The molecule has 2 atom stereocenters.